The molecule has 30 heavy (non-hydrogen) atoms. The summed E-state index contributed by atoms with van der Waals surface area (Å²) in [5.41, 5.74) is 1.81. The molecule has 0 saturated carbocycles. The van der Waals surface area contributed by atoms with Crippen molar-refractivity contribution in [1.29, 1.82) is 0 Å². The molecule has 0 radical (unpaired) electrons. The van der Waals surface area contributed by atoms with Gasteiger partial charge in [0.15, 0.2) is 5.11 Å². The van der Waals surface area contributed by atoms with E-state index in [2.05, 4.69) is 55.7 Å². The molecule has 0 spiro atoms. The molecule has 1 fully saturated rings. The van der Waals surface area contributed by atoms with Crippen LogP contribution in [-0.4, -0.2) is 41.7 Å². The Morgan fingerprint density at radius 1 is 1.20 bits per heavy atom. The minimum Gasteiger partial charge on any atom is -0.493 e. The molecule has 2 aromatic carbocycles. The fourth-order valence-corrected chi connectivity index (χ4v) is 4.11. The third-order valence-corrected chi connectivity index (χ3v) is 5.76. The lowest BCUT2D eigenvalue weighted by atomic mass is 10.0. The highest BCUT2D eigenvalue weighted by molar-refractivity contribution is 9.10. The van der Waals surface area contributed by atoms with Crippen molar-refractivity contribution in [1.82, 2.24) is 15.5 Å². The molecule has 1 saturated heterocycles. The summed E-state index contributed by atoms with van der Waals surface area (Å²) in [6.07, 6.45) is 2.86. The molecule has 0 aliphatic carbocycles. The van der Waals surface area contributed by atoms with Crippen LogP contribution in [0.2, 0.25) is 0 Å². The first-order valence-corrected chi connectivity index (χ1v) is 11.6. The minimum absolute atomic E-state index is 0.263. The van der Waals surface area contributed by atoms with Gasteiger partial charge in [-0.3, -0.25) is 15.0 Å². The topological polar surface area (TPSA) is 53.6 Å². The van der Waals surface area contributed by atoms with Gasteiger partial charge in [0.2, 0.25) is 0 Å². The smallest absolute Gasteiger partial charge is 0.261 e. The van der Waals surface area contributed by atoms with Crippen LogP contribution < -0.4 is 15.4 Å². The summed E-state index contributed by atoms with van der Waals surface area (Å²) in [4.78, 5) is 15.2. The average Bonchev–Trinajstić information content (AvgIpc) is 2.75. The number of nitrogens with zero attached hydrogens (tertiary/aromatic N) is 1. The van der Waals surface area contributed by atoms with Crippen molar-refractivity contribution in [2.75, 3.05) is 19.7 Å². The van der Waals surface area contributed by atoms with Gasteiger partial charge in [-0.1, -0.05) is 53.2 Å². The summed E-state index contributed by atoms with van der Waals surface area (Å²) in [6.45, 7) is 5.57. The molecule has 1 heterocycles. The Balaban J connectivity index is 1.48. The van der Waals surface area contributed by atoms with E-state index in [0.29, 0.717) is 23.0 Å². The van der Waals surface area contributed by atoms with Crippen molar-refractivity contribution < 1.29 is 9.53 Å². The zero-order chi connectivity index (χ0) is 21.3. The molecule has 0 atom stereocenters. The van der Waals surface area contributed by atoms with Crippen LogP contribution in [0.25, 0.3) is 0 Å². The molecular weight excluding hydrogens is 462 g/mol. The number of ether oxygens (including phenoxy) is 1. The maximum Gasteiger partial charge on any atom is 0.261 e. The van der Waals surface area contributed by atoms with Crippen LogP contribution in [0.3, 0.4) is 0 Å². The Morgan fingerprint density at radius 3 is 2.63 bits per heavy atom. The molecular formula is C23H28BrN3O2S. The lowest BCUT2D eigenvalue weighted by Crippen LogP contribution is -2.48. The van der Waals surface area contributed by atoms with Crippen molar-refractivity contribution in [3.63, 3.8) is 0 Å². The van der Waals surface area contributed by atoms with E-state index in [0.717, 1.165) is 43.4 Å². The van der Waals surface area contributed by atoms with Gasteiger partial charge in [0.25, 0.3) is 5.91 Å². The molecule has 3 rings (SSSR count). The summed E-state index contributed by atoms with van der Waals surface area (Å²) >= 11 is 8.82. The second-order valence-corrected chi connectivity index (χ2v) is 8.78. The van der Waals surface area contributed by atoms with Crippen LogP contribution in [0, 0.1) is 0 Å². The first kappa shape index (κ1) is 22.7. The van der Waals surface area contributed by atoms with E-state index >= 15 is 0 Å². The summed E-state index contributed by atoms with van der Waals surface area (Å²) in [6, 6.07) is 16.2. The summed E-state index contributed by atoms with van der Waals surface area (Å²) in [5, 5.41) is 6.47. The van der Waals surface area contributed by atoms with Gasteiger partial charge in [-0.05, 0) is 55.2 Å². The lowest BCUT2D eigenvalue weighted by molar-refractivity contribution is 0.0972. The molecule has 1 aliphatic rings. The number of piperidine rings is 1. The summed E-state index contributed by atoms with van der Waals surface area (Å²) < 4.78 is 6.52. The van der Waals surface area contributed by atoms with Gasteiger partial charge < -0.3 is 10.1 Å². The molecule has 1 aliphatic heterocycles. The Hall–Kier alpha value is -1.96. The molecule has 2 N–H and O–H groups in total. The predicted molar refractivity (Wildman–Crippen MR) is 128 cm³/mol. The minimum atomic E-state index is -0.263. The van der Waals surface area contributed by atoms with E-state index < -0.39 is 0 Å². The van der Waals surface area contributed by atoms with E-state index in [9.17, 15) is 4.79 Å². The number of thiocarbonyl (C=S) groups is 1. The number of hydrogen-bond acceptors (Lipinski definition) is 4. The molecule has 0 unspecified atom stereocenters. The second kappa shape index (κ2) is 11.4. The van der Waals surface area contributed by atoms with E-state index in [1.165, 1.54) is 5.56 Å². The van der Waals surface area contributed by atoms with Crippen LogP contribution in [-0.2, 0) is 6.54 Å². The first-order chi connectivity index (χ1) is 14.5. The average molecular weight is 490 g/mol. The second-order valence-electron chi connectivity index (χ2n) is 7.45. The molecule has 2 aromatic rings. The fraction of sp³-hybridized carbons (Fsp3) is 0.391. The monoisotopic (exact) mass is 489 g/mol. The van der Waals surface area contributed by atoms with Crippen molar-refractivity contribution in [2.24, 2.45) is 0 Å². The zero-order valence-corrected chi connectivity index (χ0v) is 19.6. The number of amides is 1. The maximum atomic E-state index is 12.7. The van der Waals surface area contributed by atoms with E-state index in [1.807, 2.05) is 19.1 Å². The summed E-state index contributed by atoms with van der Waals surface area (Å²) in [7, 11) is 0. The molecule has 5 nitrogen and oxygen atoms in total. The van der Waals surface area contributed by atoms with Gasteiger partial charge in [0.05, 0.1) is 12.2 Å². The Labute approximate surface area is 192 Å². The van der Waals surface area contributed by atoms with Gasteiger partial charge >= 0.3 is 0 Å². The normalized spacial score (nSPS) is 14.9. The number of nitrogens with one attached hydrogen (secondary N) is 2. The number of carbonyl (C=O) groups excluding carboxylic acids is 1. The molecule has 0 bridgehead atoms. The Kier molecular flexibility index (Phi) is 8.66. The van der Waals surface area contributed by atoms with Crippen LogP contribution >= 0.6 is 28.1 Å². The van der Waals surface area contributed by atoms with Gasteiger partial charge in [-0.2, -0.15) is 0 Å². The van der Waals surface area contributed by atoms with Gasteiger partial charge in [0.1, 0.15) is 5.75 Å². The highest BCUT2D eigenvalue weighted by Gasteiger charge is 2.21. The van der Waals surface area contributed by atoms with Crippen LogP contribution in [0.4, 0.5) is 0 Å². The third kappa shape index (κ3) is 6.79. The van der Waals surface area contributed by atoms with Crippen molar-refractivity contribution in [2.45, 2.75) is 38.8 Å². The Morgan fingerprint density at radius 2 is 1.93 bits per heavy atom. The third-order valence-electron chi connectivity index (χ3n) is 5.05. The molecule has 1 amide bonds. The zero-order valence-electron chi connectivity index (χ0n) is 17.2. The lowest BCUT2D eigenvalue weighted by Gasteiger charge is -2.32. The van der Waals surface area contributed by atoms with Crippen molar-refractivity contribution in [3.05, 3.63) is 64.1 Å². The van der Waals surface area contributed by atoms with Crippen molar-refractivity contribution >= 4 is 39.2 Å². The standard InChI is InChI=1S/C23H28BrN3O2S/c1-2-14-29-21-9-8-18(24)15-20(21)22(28)26-23(30)25-19-10-12-27(13-11-19)16-17-6-4-3-5-7-17/h3-9,15,19H,2,10-14,16H2,1H3,(H2,25,26,28,30). The molecule has 0 aromatic heterocycles. The number of hydrogen-bond donors (Lipinski definition) is 2. The Bertz CT molecular complexity index is 855. The van der Waals surface area contributed by atoms with E-state index in [1.54, 1.807) is 12.1 Å². The SMILES string of the molecule is CCCOc1ccc(Br)cc1C(=O)NC(=S)NC1CCN(Cc2ccccc2)CC1. The summed E-state index contributed by atoms with van der Waals surface area (Å²) in [5.74, 6) is 0.302. The first-order valence-electron chi connectivity index (χ1n) is 10.4. The number of likely N-dealkylation sites (tertiary alicyclic amines) is 1. The quantitative estimate of drug-likeness (QED) is 0.560. The number of benzene rings is 2. The highest BCUT2D eigenvalue weighted by atomic mass is 79.9. The van der Waals surface area contributed by atoms with Crippen LogP contribution in [0.1, 0.15) is 42.1 Å². The van der Waals surface area contributed by atoms with Gasteiger partial charge in [-0.25, -0.2) is 0 Å². The largest absolute Gasteiger partial charge is 0.493 e. The van der Waals surface area contributed by atoms with Crippen molar-refractivity contribution in [3.8, 4) is 5.75 Å². The van der Waals surface area contributed by atoms with Crippen LogP contribution in [0.5, 0.6) is 5.75 Å². The fourth-order valence-electron chi connectivity index (χ4n) is 3.49. The number of halogens is 1. The number of rotatable bonds is 7. The maximum absolute atomic E-state index is 12.7. The van der Waals surface area contributed by atoms with Gasteiger partial charge in [-0.15, -0.1) is 0 Å². The van der Waals surface area contributed by atoms with E-state index in [4.69, 9.17) is 17.0 Å². The molecule has 160 valence electrons. The van der Waals surface area contributed by atoms with Gasteiger partial charge in [0, 0.05) is 30.1 Å². The number of carbonyl (C=O) groups is 1. The molecule has 7 heteroatoms. The van der Waals surface area contributed by atoms with Crippen LogP contribution in [0.15, 0.2) is 53.0 Å². The van der Waals surface area contributed by atoms with E-state index in [-0.39, 0.29) is 11.9 Å². The predicted octanol–water partition coefficient (Wildman–Crippen LogP) is 4.51. The highest BCUT2D eigenvalue weighted by Crippen LogP contribution is 2.23.